The van der Waals surface area contributed by atoms with Crippen molar-refractivity contribution >= 4 is 99.9 Å². The minimum atomic E-state index is -5.51. The third-order valence-electron chi connectivity index (χ3n) is 6.75. The van der Waals surface area contributed by atoms with Crippen LogP contribution in [0.2, 0.25) is 0 Å². The maximum absolute atomic E-state index is 14.4. The van der Waals surface area contributed by atoms with Gasteiger partial charge in [-0.1, -0.05) is 0 Å². The molecule has 0 radical (unpaired) electrons. The van der Waals surface area contributed by atoms with Crippen molar-refractivity contribution in [3.05, 3.63) is 54.3 Å². The van der Waals surface area contributed by atoms with Crippen molar-refractivity contribution in [2.45, 2.75) is 24.5 Å². The molecule has 0 bridgehead atoms. The second-order valence-corrected chi connectivity index (χ2v) is 19.2. The van der Waals surface area contributed by atoms with Gasteiger partial charge in [0.25, 0.3) is 40.5 Å². The van der Waals surface area contributed by atoms with Crippen molar-refractivity contribution < 1.29 is 87.0 Å². The van der Waals surface area contributed by atoms with Crippen LogP contribution >= 0.6 is 0 Å². The molecule has 0 aliphatic carbocycles. The Morgan fingerprint density at radius 1 is 0.600 bits per heavy atom. The summed E-state index contributed by atoms with van der Waals surface area (Å²) in [5.41, 5.74) is 0.732. The zero-order chi connectivity index (χ0) is 41.7. The highest BCUT2D eigenvalue weighted by Crippen LogP contribution is 2.48. The maximum atomic E-state index is 14.4. The molecule has 0 saturated heterocycles. The molecule has 0 fully saturated rings. The Hall–Kier alpha value is -4.67. The molecule has 8 N–H and O–H groups in total. The van der Waals surface area contributed by atoms with E-state index in [0.717, 1.165) is 0 Å². The van der Waals surface area contributed by atoms with Crippen LogP contribution in [0.5, 0.6) is 5.75 Å². The lowest BCUT2D eigenvalue weighted by Crippen LogP contribution is -2.16. The summed E-state index contributed by atoms with van der Waals surface area (Å²) < 4.78 is 209. The lowest BCUT2D eigenvalue weighted by atomic mass is 10.1. The molecule has 0 saturated carbocycles. The first kappa shape index (κ1) is 43.1. The number of nitrogens with zero attached hydrogens (tertiary/aromatic N) is 4. The molecule has 298 valence electrons. The molecule has 55 heavy (non-hydrogen) atoms. The fourth-order valence-electron chi connectivity index (χ4n) is 4.39. The summed E-state index contributed by atoms with van der Waals surface area (Å²) in [6, 6.07) is 3.99. The van der Waals surface area contributed by atoms with E-state index in [9.17, 15) is 78.2 Å². The normalized spacial score (nSPS) is 13.6. The van der Waals surface area contributed by atoms with E-state index in [4.69, 9.17) is 10.3 Å². The number of anilines is 1. The predicted molar refractivity (Wildman–Crippen MR) is 180 cm³/mol. The first-order valence-electron chi connectivity index (χ1n) is 13.6. The van der Waals surface area contributed by atoms with Crippen LogP contribution in [0.25, 0.3) is 10.8 Å². The van der Waals surface area contributed by atoms with Crippen molar-refractivity contribution in [3.63, 3.8) is 0 Å². The Balaban J connectivity index is 1.97. The molecule has 31 heteroatoms. The van der Waals surface area contributed by atoms with Crippen molar-refractivity contribution in [3.8, 4) is 5.75 Å². The van der Waals surface area contributed by atoms with E-state index in [1.165, 1.54) is 0 Å². The molecule has 4 aromatic rings. The Kier molecular flexibility index (Phi) is 11.6. The summed E-state index contributed by atoms with van der Waals surface area (Å²) in [4.78, 5) is -5.77. The average molecular weight is 894 g/mol. The molecule has 0 aromatic heterocycles. The summed E-state index contributed by atoms with van der Waals surface area (Å²) in [6.45, 7) is -1.14. The van der Waals surface area contributed by atoms with E-state index in [0.29, 0.717) is 48.5 Å². The molecular weight excluding hydrogens is 874 g/mol. The van der Waals surface area contributed by atoms with Gasteiger partial charge in [0.2, 0.25) is 0 Å². The molecule has 0 spiro atoms. The van der Waals surface area contributed by atoms with Crippen LogP contribution in [0.15, 0.2) is 93.5 Å². The standard InChI is InChI=1S/C24H20FN5O19S6/c25-14-3-1-13(51(34,35)36)9-16(14)28-29-22-18(53(40,41)42)7-11-8-19(54(43,44)45)23(24(31)20(11)21(22)26)30-27-15-4-2-12(10-17(15)52(37,38)39)50(32,33)6-5-49-55(46,47)48/h1-4,7-10,31H,5-6,26H2,(H,34,35,36)(H,37,38,39)(H,40,41,42)(H,43,44,45)(H,46,47,48). The predicted octanol–water partition coefficient (Wildman–Crippen LogP) is 2.68. The minimum absolute atomic E-state index is 0.303. The third-order valence-corrected chi connectivity index (χ3v) is 12.4. The number of phenols is 1. The minimum Gasteiger partial charge on any atom is -0.505 e. The SMILES string of the molecule is Nc1c(N=Nc2cc(S(=O)(=O)O)ccc2F)c(S(=O)(=O)O)cc2cc(S(=O)(=O)O)c(N=Nc3ccc(S(=O)(=O)CCOS(=O)(=O)O)cc3S(=O)(=O)O)c(O)c12. The Bertz CT molecular complexity index is 3030. The highest BCUT2D eigenvalue weighted by Gasteiger charge is 2.29. The van der Waals surface area contributed by atoms with Crippen LogP contribution < -0.4 is 5.73 Å². The van der Waals surface area contributed by atoms with E-state index in [1.54, 1.807) is 0 Å². The average Bonchev–Trinajstić information content (AvgIpc) is 3.01. The molecule has 0 aliphatic heterocycles. The van der Waals surface area contributed by atoms with E-state index in [-0.39, 0.29) is 0 Å². The first-order chi connectivity index (χ1) is 24.9. The Morgan fingerprint density at radius 3 is 1.64 bits per heavy atom. The fraction of sp³-hybridized carbons (Fsp3) is 0.0833. The quantitative estimate of drug-likeness (QED) is 0.0576. The van der Waals surface area contributed by atoms with Gasteiger partial charge in [-0.05, 0) is 53.9 Å². The van der Waals surface area contributed by atoms with Crippen LogP contribution in [-0.4, -0.2) is 90.7 Å². The van der Waals surface area contributed by atoms with Gasteiger partial charge in [-0.2, -0.15) is 42.1 Å². The molecule has 0 unspecified atom stereocenters. The van der Waals surface area contributed by atoms with Gasteiger partial charge in [0, 0.05) is 0 Å². The van der Waals surface area contributed by atoms with Crippen LogP contribution in [-0.2, 0) is 64.9 Å². The van der Waals surface area contributed by atoms with Gasteiger partial charge in [0.1, 0.15) is 37.4 Å². The van der Waals surface area contributed by atoms with Gasteiger partial charge >= 0.3 is 10.4 Å². The lowest BCUT2D eigenvalue weighted by Gasteiger charge is -2.14. The van der Waals surface area contributed by atoms with Crippen molar-refractivity contribution in [1.82, 2.24) is 0 Å². The molecule has 0 aliphatic rings. The second-order valence-electron chi connectivity index (χ2n) is 10.4. The Labute approximate surface area is 308 Å². The largest absolute Gasteiger partial charge is 0.505 e. The summed E-state index contributed by atoms with van der Waals surface area (Å²) in [7, 11) is -31.0. The van der Waals surface area contributed by atoms with Crippen LogP contribution in [0.4, 0.5) is 32.8 Å². The van der Waals surface area contributed by atoms with Crippen LogP contribution in [0.3, 0.4) is 0 Å². The van der Waals surface area contributed by atoms with Crippen LogP contribution in [0, 0.1) is 5.82 Å². The number of hydrogen-bond acceptors (Lipinski definition) is 19. The number of azo groups is 2. The zero-order valence-corrected chi connectivity index (χ0v) is 31.1. The maximum Gasteiger partial charge on any atom is 0.397 e. The van der Waals surface area contributed by atoms with Gasteiger partial charge in [-0.3, -0.25) is 22.8 Å². The number of benzene rings is 4. The molecule has 4 aromatic carbocycles. The molecule has 4 rings (SSSR count). The van der Waals surface area contributed by atoms with Gasteiger partial charge < -0.3 is 10.8 Å². The van der Waals surface area contributed by atoms with E-state index in [2.05, 4.69) is 24.6 Å². The van der Waals surface area contributed by atoms with Gasteiger partial charge in [0.15, 0.2) is 21.4 Å². The zero-order valence-electron chi connectivity index (χ0n) is 26.2. The monoisotopic (exact) mass is 893 g/mol. The van der Waals surface area contributed by atoms with Gasteiger partial charge in [-0.15, -0.1) is 20.5 Å². The third kappa shape index (κ3) is 9.96. The second kappa shape index (κ2) is 14.8. The number of hydrogen-bond donors (Lipinski definition) is 7. The van der Waals surface area contributed by atoms with Crippen molar-refractivity contribution in [2.75, 3.05) is 18.1 Å². The highest BCUT2D eigenvalue weighted by molar-refractivity contribution is 7.91. The lowest BCUT2D eigenvalue weighted by molar-refractivity contribution is 0.284. The smallest absolute Gasteiger partial charge is 0.397 e. The Morgan fingerprint density at radius 2 is 1.11 bits per heavy atom. The van der Waals surface area contributed by atoms with Crippen LogP contribution in [0.1, 0.15) is 0 Å². The van der Waals surface area contributed by atoms with Gasteiger partial charge in [-0.25, -0.2) is 17.0 Å². The summed E-state index contributed by atoms with van der Waals surface area (Å²) in [6.07, 6.45) is 0. The number of halogens is 1. The summed E-state index contributed by atoms with van der Waals surface area (Å²) in [5, 5.41) is 23.3. The number of rotatable bonds is 13. The van der Waals surface area contributed by atoms with E-state index >= 15 is 0 Å². The number of aromatic hydroxyl groups is 1. The molecule has 24 nitrogen and oxygen atoms in total. The number of phenolic OH excluding ortho intramolecular Hbond substituents is 1. The molecular formula is C24H20FN5O19S6. The van der Waals surface area contributed by atoms with E-state index < -0.39 is 148 Å². The number of nitrogens with two attached hydrogens (primary N) is 1. The molecule has 0 heterocycles. The van der Waals surface area contributed by atoms with Gasteiger partial charge in [0.05, 0.1) is 33.2 Å². The number of sulfone groups is 1. The number of nitrogen functional groups attached to an aromatic ring is 1. The molecule has 0 amide bonds. The number of fused-ring (bicyclic) bond motifs is 1. The summed E-state index contributed by atoms with van der Waals surface area (Å²) in [5.74, 6) is -3.83. The highest BCUT2D eigenvalue weighted by atomic mass is 32.3. The first-order valence-corrected chi connectivity index (χ1v) is 22.3. The summed E-state index contributed by atoms with van der Waals surface area (Å²) >= 11 is 0. The van der Waals surface area contributed by atoms with Crippen molar-refractivity contribution in [1.29, 1.82) is 0 Å². The van der Waals surface area contributed by atoms with E-state index in [1.807, 2.05) is 0 Å². The molecule has 0 atom stereocenters. The topological polar surface area (TPSA) is 411 Å². The fourth-order valence-corrected chi connectivity index (χ4v) is 8.45. The van der Waals surface area contributed by atoms with Crippen molar-refractivity contribution in [2.24, 2.45) is 20.5 Å².